The van der Waals surface area contributed by atoms with Gasteiger partial charge in [-0.3, -0.25) is 9.55 Å². The van der Waals surface area contributed by atoms with Crippen molar-refractivity contribution in [2.24, 2.45) is 5.41 Å². The summed E-state index contributed by atoms with van der Waals surface area (Å²) in [7, 11) is 0. The standard InChI is InChI=1S/C16H15F3N4O/c17-10-3-9(4-20-5-10)11-1-2-12-21-23(14(24)22(11)12)16-6-15(7-16,8-16)13(18)19/h3-5,11,13H,1-2,6-8H2. The number of pyridine rings is 1. The van der Waals surface area contributed by atoms with Gasteiger partial charge >= 0.3 is 5.69 Å². The second kappa shape index (κ2) is 4.29. The van der Waals surface area contributed by atoms with Crippen LogP contribution in [0.15, 0.2) is 23.3 Å². The number of nitrogens with zero attached hydrogens (tertiary/aromatic N) is 4. The number of aryl methyl sites for hydroxylation is 1. The van der Waals surface area contributed by atoms with Gasteiger partial charge in [-0.25, -0.2) is 22.6 Å². The molecule has 1 atom stereocenters. The fourth-order valence-corrected chi connectivity index (χ4v) is 4.80. The summed E-state index contributed by atoms with van der Waals surface area (Å²) in [6.45, 7) is 0. The fourth-order valence-electron chi connectivity index (χ4n) is 4.80. The van der Waals surface area contributed by atoms with Crippen molar-refractivity contribution in [3.63, 3.8) is 0 Å². The minimum absolute atomic E-state index is 0.278. The average molecular weight is 336 g/mol. The predicted molar refractivity (Wildman–Crippen MR) is 77.4 cm³/mol. The van der Waals surface area contributed by atoms with Crippen molar-refractivity contribution in [2.75, 3.05) is 0 Å². The molecule has 4 aliphatic rings. The van der Waals surface area contributed by atoms with Crippen molar-refractivity contribution in [3.05, 3.63) is 46.1 Å². The summed E-state index contributed by atoms with van der Waals surface area (Å²) in [5.74, 6) is 0.199. The quantitative estimate of drug-likeness (QED) is 0.864. The lowest BCUT2D eigenvalue weighted by molar-refractivity contribution is -0.258. The third-order valence-corrected chi connectivity index (χ3v) is 5.90. The maximum Gasteiger partial charge on any atom is 0.347 e. The number of alkyl halides is 2. The molecule has 24 heavy (non-hydrogen) atoms. The van der Waals surface area contributed by atoms with E-state index in [-0.39, 0.29) is 11.7 Å². The molecule has 3 aliphatic carbocycles. The van der Waals surface area contributed by atoms with E-state index in [9.17, 15) is 18.0 Å². The minimum atomic E-state index is -2.34. The molecule has 3 saturated carbocycles. The van der Waals surface area contributed by atoms with E-state index in [0.29, 0.717) is 43.5 Å². The molecular weight excluding hydrogens is 321 g/mol. The van der Waals surface area contributed by atoms with Crippen molar-refractivity contribution in [1.82, 2.24) is 19.3 Å². The van der Waals surface area contributed by atoms with Gasteiger partial charge in [-0.1, -0.05) is 0 Å². The van der Waals surface area contributed by atoms with Gasteiger partial charge in [0.2, 0.25) is 6.43 Å². The van der Waals surface area contributed by atoms with E-state index in [1.54, 1.807) is 10.8 Å². The molecule has 2 bridgehead atoms. The number of hydrogen-bond acceptors (Lipinski definition) is 3. The highest BCUT2D eigenvalue weighted by atomic mass is 19.3. The van der Waals surface area contributed by atoms with Gasteiger partial charge in [0, 0.05) is 18.0 Å². The van der Waals surface area contributed by atoms with Crippen LogP contribution in [0, 0.1) is 11.2 Å². The monoisotopic (exact) mass is 336 g/mol. The summed E-state index contributed by atoms with van der Waals surface area (Å²) in [6.07, 6.45) is 2.57. The first-order valence-electron chi connectivity index (χ1n) is 8.04. The van der Waals surface area contributed by atoms with Gasteiger partial charge in [-0.05, 0) is 37.3 Å². The van der Waals surface area contributed by atoms with Gasteiger partial charge < -0.3 is 0 Å². The van der Waals surface area contributed by atoms with E-state index < -0.39 is 23.2 Å². The molecule has 0 aromatic carbocycles. The Bertz CT molecular complexity index is 883. The van der Waals surface area contributed by atoms with Crippen LogP contribution >= 0.6 is 0 Å². The molecule has 0 N–H and O–H groups in total. The number of fused-ring (bicyclic) bond motifs is 1. The lowest BCUT2D eigenvalue weighted by atomic mass is 9.39. The van der Waals surface area contributed by atoms with E-state index in [1.165, 1.54) is 10.7 Å². The van der Waals surface area contributed by atoms with Crippen molar-refractivity contribution >= 4 is 0 Å². The van der Waals surface area contributed by atoms with Gasteiger partial charge in [-0.2, -0.15) is 5.10 Å². The Morgan fingerprint density at radius 1 is 1.25 bits per heavy atom. The van der Waals surface area contributed by atoms with Gasteiger partial charge in [0.1, 0.15) is 11.6 Å². The van der Waals surface area contributed by atoms with E-state index >= 15 is 0 Å². The molecule has 1 aliphatic heterocycles. The number of aromatic nitrogens is 4. The van der Waals surface area contributed by atoms with E-state index in [2.05, 4.69) is 10.1 Å². The number of halogens is 3. The second-order valence-corrected chi connectivity index (χ2v) is 7.39. The van der Waals surface area contributed by atoms with Crippen LogP contribution in [-0.2, 0) is 12.0 Å². The first-order chi connectivity index (χ1) is 11.4. The fraction of sp³-hybridized carbons (Fsp3) is 0.562. The summed E-state index contributed by atoms with van der Waals surface area (Å²) >= 11 is 0. The highest BCUT2D eigenvalue weighted by Gasteiger charge is 2.74. The molecule has 1 unspecified atom stereocenters. The highest BCUT2D eigenvalue weighted by molar-refractivity contribution is 5.24. The molecule has 0 amide bonds. The molecular formula is C16H15F3N4O. The first-order valence-corrected chi connectivity index (χ1v) is 8.04. The summed E-state index contributed by atoms with van der Waals surface area (Å²) < 4.78 is 42.5. The summed E-state index contributed by atoms with van der Waals surface area (Å²) in [4.78, 5) is 16.7. The van der Waals surface area contributed by atoms with Crippen LogP contribution in [-0.4, -0.2) is 25.8 Å². The minimum Gasteiger partial charge on any atom is -0.271 e. The Morgan fingerprint density at radius 2 is 2.00 bits per heavy atom. The lowest BCUT2D eigenvalue weighted by Gasteiger charge is -2.68. The SMILES string of the molecule is O=c1n(C23CC(C(F)F)(C2)C3)nc2n1C(c1cncc(F)c1)CC2. The second-order valence-electron chi connectivity index (χ2n) is 7.39. The maximum absolute atomic E-state index is 13.4. The molecule has 8 heteroatoms. The molecule has 6 rings (SSSR count). The Balaban J connectivity index is 1.51. The zero-order valence-electron chi connectivity index (χ0n) is 12.8. The normalized spacial score (nSPS) is 33.2. The Morgan fingerprint density at radius 3 is 2.67 bits per heavy atom. The van der Waals surface area contributed by atoms with Crippen LogP contribution in [0.4, 0.5) is 13.2 Å². The van der Waals surface area contributed by atoms with E-state index in [0.717, 1.165) is 6.20 Å². The smallest absolute Gasteiger partial charge is 0.271 e. The summed E-state index contributed by atoms with van der Waals surface area (Å²) in [6, 6.07) is 1.09. The van der Waals surface area contributed by atoms with Crippen molar-refractivity contribution < 1.29 is 13.2 Å². The Kier molecular flexibility index (Phi) is 2.54. The van der Waals surface area contributed by atoms with Crippen LogP contribution in [0.25, 0.3) is 0 Å². The van der Waals surface area contributed by atoms with Crippen LogP contribution in [0.2, 0.25) is 0 Å². The predicted octanol–water partition coefficient (Wildman–Crippen LogP) is 2.26. The van der Waals surface area contributed by atoms with Crippen LogP contribution < -0.4 is 5.69 Å². The van der Waals surface area contributed by atoms with Crippen LogP contribution in [0.3, 0.4) is 0 Å². The summed E-state index contributed by atoms with van der Waals surface area (Å²) in [5, 5.41) is 4.42. The average Bonchev–Trinajstić information content (AvgIpc) is 2.98. The maximum atomic E-state index is 13.4. The summed E-state index contributed by atoms with van der Waals surface area (Å²) in [5.41, 5.74) is -1.08. The molecule has 5 nitrogen and oxygen atoms in total. The van der Waals surface area contributed by atoms with E-state index in [1.807, 2.05) is 0 Å². The van der Waals surface area contributed by atoms with E-state index in [4.69, 9.17) is 0 Å². The van der Waals surface area contributed by atoms with Crippen LogP contribution in [0.1, 0.15) is 43.1 Å². The lowest BCUT2D eigenvalue weighted by Crippen LogP contribution is -2.72. The van der Waals surface area contributed by atoms with Crippen LogP contribution in [0.5, 0.6) is 0 Å². The first kappa shape index (κ1) is 14.2. The molecule has 0 spiro atoms. The molecule has 3 fully saturated rings. The topological polar surface area (TPSA) is 52.7 Å². The van der Waals surface area contributed by atoms with Gasteiger partial charge in [0.15, 0.2) is 0 Å². The third kappa shape index (κ3) is 1.58. The third-order valence-electron chi connectivity index (χ3n) is 5.90. The molecule has 3 heterocycles. The van der Waals surface area contributed by atoms with Gasteiger partial charge in [0.05, 0.1) is 17.8 Å². The number of rotatable bonds is 3. The molecule has 0 radical (unpaired) electrons. The Hall–Kier alpha value is -2.12. The molecule has 2 aromatic heterocycles. The molecule has 126 valence electrons. The van der Waals surface area contributed by atoms with Crippen molar-refractivity contribution in [1.29, 1.82) is 0 Å². The number of hydrogen-bond donors (Lipinski definition) is 0. The van der Waals surface area contributed by atoms with Crippen molar-refractivity contribution in [2.45, 2.75) is 50.1 Å². The highest BCUT2D eigenvalue weighted by Crippen LogP contribution is 2.73. The molecule has 2 aromatic rings. The van der Waals surface area contributed by atoms with Gasteiger partial charge in [-0.15, -0.1) is 0 Å². The Labute approximate surface area is 135 Å². The zero-order valence-corrected chi connectivity index (χ0v) is 12.8. The van der Waals surface area contributed by atoms with Crippen molar-refractivity contribution in [3.8, 4) is 0 Å². The van der Waals surface area contributed by atoms with Gasteiger partial charge in [0.25, 0.3) is 0 Å². The molecule has 0 saturated heterocycles. The zero-order chi connectivity index (χ0) is 16.7. The largest absolute Gasteiger partial charge is 0.347 e.